The molecule has 8 heteroatoms. The van der Waals surface area contributed by atoms with E-state index in [1.165, 1.54) is 0 Å². The number of aromatic nitrogens is 4. The summed E-state index contributed by atoms with van der Waals surface area (Å²) in [4.78, 5) is 12.3. The van der Waals surface area contributed by atoms with Crippen molar-refractivity contribution in [3.8, 4) is 0 Å². The van der Waals surface area contributed by atoms with Crippen LogP contribution in [0.25, 0.3) is 0 Å². The van der Waals surface area contributed by atoms with Crippen molar-refractivity contribution in [2.75, 3.05) is 5.32 Å². The van der Waals surface area contributed by atoms with Crippen molar-refractivity contribution in [1.82, 2.24) is 19.6 Å². The molecule has 25 heavy (non-hydrogen) atoms. The van der Waals surface area contributed by atoms with Crippen LogP contribution in [-0.4, -0.2) is 25.5 Å². The normalized spacial score (nSPS) is 10.9. The first-order valence-electron chi connectivity index (χ1n) is 7.69. The van der Waals surface area contributed by atoms with Gasteiger partial charge in [-0.05, 0) is 31.5 Å². The molecule has 2 heterocycles. The Morgan fingerprint density at radius 2 is 1.92 bits per heavy atom. The number of carbonyl (C=O) groups excluding carboxylic acids is 1. The van der Waals surface area contributed by atoms with E-state index in [4.69, 9.17) is 11.6 Å². The lowest BCUT2D eigenvalue weighted by Gasteiger charge is -2.10. The summed E-state index contributed by atoms with van der Waals surface area (Å²) in [5.41, 5.74) is 2.58. The van der Waals surface area contributed by atoms with E-state index in [9.17, 15) is 4.79 Å². The lowest BCUT2D eigenvalue weighted by Crippen LogP contribution is -2.22. The molecule has 130 valence electrons. The Labute approximate surface area is 158 Å². The molecule has 1 N–H and O–H groups in total. The minimum absolute atomic E-state index is 0.100. The molecule has 0 atom stereocenters. The number of nitrogens with zero attached hydrogens (tertiary/aromatic N) is 4. The van der Waals surface area contributed by atoms with E-state index in [2.05, 4.69) is 31.4 Å². The molecule has 0 saturated heterocycles. The van der Waals surface area contributed by atoms with Crippen LogP contribution in [0.15, 0.2) is 41.0 Å². The van der Waals surface area contributed by atoms with Crippen molar-refractivity contribution in [2.24, 2.45) is 0 Å². The molecule has 1 aromatic carbocycles. The van der Waals surface area contributed by atoms with Gasteiger partial charge in [-0.2, -0.15) is 10.2 Å². The van der Waals surface area contributed by atoms with Gasteiger partial charge in [-0.1, -0.05) is 39.7 Å². The minimum atomic E-state index is -0.181. The second-order valence-electron chi connectivity index (χ2n) is 5.69. The van der Waals surface area contributed by atoms with E-state index in [1.807, 2.05) is 38.1 Å². The van der Waals surface area contributed by atoms with Crippen LogP contribution >= 0.6 is 27.5 Å². The summed E-state index contributed by atoms with van der Waals surface area (Å²) in [7, 11) is 0. The fraction of sp³-hybridized carbons (Fsp3) is 0.235. The number of hydrogen-bond acceptors (Lipinski definition) is 3. The molecular formula is C17H17BrClN5O. The second-order valence-corrected chi connectivity index (χ2v) is 6.98. The number of rotatable bonds is 5. The lowest BCUT2D eigenvalue weighted by molar-refractivity contribution is -0.117. The van der Waals surface area contributed by atoms with Crippen LogP contribution in [-0.2, 0) is 17.9 Å². The summed E-state index contributed by atoms with van der Waals surface area (Å²) in [6, 6.07) is 9.74. The third-order valence-corrected chi connectivity index (χ3v) is 4.89. The highest BCUT2D eigenvalue weighted by Gasteiger charge is 2.13. The third kappa shape index (κ3) is 4.11. The number of anilines is 1. The van der Waals surface area contributed by atoms with Crippen molar-refractivity contribution in [1.29, 1.82) is 0 Å². The zero-order chi connectivity index (χ0) is 18.0. The number of hydrogen-bond donors (Lipinski definition) is 1. The number of nitrogens with one attached hydrogen (secondary N) is 1. The van der Waals surface area contributed by atoms with Gasteiger partial charge in [0.05, 0.1) is 29.2 Å². The molecule has 0 aliphatic rings. The van der Waals surface area contributed by atoms with Gasteiger partial charge in [0.15, 0.2) is 0 Å². The highest BCUT2D eigenvalue weighted by Crippen LogP contribution is 2.19. The Balaban J connectivity index is 1.69. The Morgan fingerprint density at radius 3 is 2.56 bits per heavy atom. The molecule has 0 fully saturated rings. The smallest absolute Gasteiger partial charge is 0.247 e. The van der Waals surface area contributed by atoms with Gasteiger partial charge < -0.3 is 5.32 Å². The fourth-order valence-corrected chi connectivity index (χ4v) is 2.87. The molecule has 0 bridgehead atoms. The summed E-state index contributed by atoms with van der Waals surface area (Å²) < 4.78 is 4.37. The molecule has 0 aliphatic carbocycles. The third-order valence-electron chi connectivity index (χ3n) is 3.82. The van der Waals surface area contributed by atoms with Gasteiger partial charge in [0, 0.05) is 10.5 Å². The predicted molar refractivity (Wildman–Crippen MR) is 101 cm³/mol. The van der Waals surface area contributed by atoms with E-state index >= 15 is 0 Å². The standard InChI is InChI=1S/C17H17BrClN5O/c1-11-17(19)12(2)23(22-11)10-16(25)21-15-7-8-20-24(15)9-13-3-5-14(18)6-4-13/h3-8H,9-10H2,1-2H3,(H,21,25). The van der Waals surface area contributed by atoms with Crippen LogP contribution in [0.3, 0.4) is 0 Å². The van der Waals surface area contributed by atoms with E-state index in [1.54, 1.807) is 21.6 Å². The minimum Gasteiger partial charge on any atom is -0.309 e. The van der Waals surface area contributed by atoms with Gasteiger partial charge in [-0.15, -0.1) is 0 Å². The quantitative estimate of drug-likeness (QED) is 0.680. The van der Waals surface area contributed by atoms with E-state index < -0.39 is 0 Å². The van der Waals surface area contributed by atoms with E-state index in [-0.39, 0.29) is 12.5 Å². The first-order valence-corrected chi connectivity index (χ1v) is 8.87. The lowest BCUT2D eigenvalue weighted by atomic mass is 10.2. The molecule has 2 aromatic heterocycles. The zero-order valence-electron chi connectivity index (χ0n) is 13.8. The molecule has 3 aromatic rings. The van der Waals surface area contributed by atoms with Crippen LogP contribution in [0.1, 0.15) is 17.0 Å². The van der Waals surface area contributed by atoms with Crippen molar-refractivity contribution < 1.29 is 4.79 Å². The summed E-state index contributed by atoms with van der Waals surface area (Å²) in [5.74, 6) is 0.459. The van der Waals surface area contributed by atoms with E-state index in [0.29, 0.717) is 23.1 Å². The van der Waals surface area contributed by atoms with E-state index in [0.717, 1.165) is 15.7 Å². The molecule has 3 rings (SSSR count). The molecule has 6 nitrogen and oxygen atoms in total. The molecule has 0 spiro atoms. The Morgan fingerprint density at radius 1 is 1.20 bits per heavy atom. The van der Waals surface area contributed by atoms with Gasteiger partial charge in [0.2, 0.25) is 5.91 Å². The first-order chi connectivity index (χ1) is 11.9. The first kappa shape index (κ1) is 17.7. The van der Waals surface area contributed by atoms with Gasteiger partial charge in [0.25, 0.3) is 0 Å². The molecule has 1 amide bonds. The zero-order valence-corrected chi connectivity index (χ0v) is 16.2. The average Bonchev–Trinajstić information content (AvgIpc) is 3.10. The summed E-state index contributed by atoms with van der Waals surface area (Å²) >= 11 is 9.54. The van der Waals surface area contributed by atoms with Crippen molar-refractivity contribution in [3.63, 3.8) is 0 Å². The van der Waals surface area contributed by atoms with Crippen LogP contribution in [0, 0.1) is 13.8 Å². The van der Waals surface area contributed by atoms with Crippen molar-refractivity contribution in [2.45, 2.75) is 26.9 Å². The van der Waals surface area contributed by atoms with Gasteiger partial charge in [0.1, 0.15) is 12.4 Å². The molecule has 0 radical (unpaired) electrons. The largest absolute Gasteiger partial charge is 0.309 e. The van der Waals surface area contributed by atoms with Gasteiger partial charge >= 0.3 is 0 Å². The highest BCUT2D eigenvalue weighted by molar-refractivity contribution is 9.10. The van der Waals surface area contributed by atoms with Crippen molar-refractivity contribution in [3.05, 3.63) is 63.0 Å². The molecule has 0 saturated carbocycles. The summed E-state index contributed by atoms with van der Waals surface area (Å²) in [6.07, 6.45) is 1.66. The topological polar surface area (TPSA) is 64.7 Å². The van der Waals surface area contributed by atoms with Gasteiger partial charge in [-0.25, -0.2) is 4.68 Å². The molecular weight excluding hydrogens is 406 g/mol. The van der Waals surface area contributed by atoms with Crippen LogP contribution in [0.2, 0.25) is 5.02 Å². The monoisotopic (exact) mass is 421 g/mol. The number of benzene rings is 1. The maximum atomic E-state index is 12.3. The van der Waals surface area contributed by atoms with Crippen LogP contribution in [0.5, 0.6) is 0 Å². The number of carbonyl (C=O) groups is 1. The average molecular weight is 423 g/mol. The SMILES string of the molecule is Cc1nn(CC(=O)Nc2ccnn2Cc2ccc(Br)cc2)c(C)c1Cl. The van der Waals surface area contributed by atoms with Crippen molar-refractivity contribution >= 4 is 39.3 Å². The molecule has 0 unspecified atom stereocenters. The van der Waals surface area contributed by atoms with Crippen LogP contribution < -0.4 is 5.32 Å². The Bertz CT molecular complexity index is 900. The molecule has 0 aliphatic heterocycles. The fourth-order valence-electron chi connectivity index (χ4n) is 2.48. The van der Waals surface area contributed by atoms with Gasteiger partial charge in [-0.3, -0.25) is 9.48 Å². The number of aryl methyl sites for hydroxylation is 1. The number of amides is 1. The Kier molecular flexibility index (Phi) is 5.24. The number of halogens is 2. The summed E-state index contributed by atoms with van der Waals surface area (Å²) in [5, 5.41) is 12.0. The maximum absolute atomic E-state index is 12.3. The second kappa shape index (κ2) is 7.41. The Hall–Kier alpha value is -2.12. The van der Waals surface area contributed by atoms with Crippen LogP contribution in [0.4, 0.5) is 5.82 Å². The maximum Gasteiger partial charge on any atom is 0.247 e. The summed E-state index contributed by atoms with van der Waals surface area (Å²) in [6.45, 7) is 4.33. The predicted octanol–water partition coefficient (Wildman–Crippen LogP) is 3.80. The highest BCUT2D eigenvalue weighted by atomic mass is 79.9.